The zero-order valence-electron chi connectivity index (χ0n) is 11.1. The van der Waals surface area contributed by atoms with E-state index >= 15 is 0 Å². The van der Waals surface area contributed by atoms with Gasteiger partial charge in [0.05, 0.1) is 22.3 Å². The molecule has 1 aromatic rings. The van der Waals surface area contributed by atoms with Crippen molar-refractivity contribution in [2.75, 3.05) is 17.3 Å². The van der Waals surface area contributed by atoms with Crippen LogP contribution in [0, 0.1) is 11.3 Å². The summed E-state index contributed by atoms with van der Waals surface area (Å²) < 4.78 is 24.1. The summed E-state index contributed by atoms with van der Waals surface area (Å²) in [4.78, 5) is 0.208. The lowest BCUT2D eigenvalue weighted by atomic mass is 10.1. The van der Waals surface area contributed by atoms with Crippen LogP contribution < -0.4 is 5.73 Å². The molecule has 1 rings (SSSR count). The minimum Gasteiger partial charge on any atom is -0.325 e. The molecule has 0 saturated carbocycles. The lowest BCUT2D eigenvalue weighted by Crippen LogP contribution is -2.35. The number of nitrogens with zero attached hydrogens (tertiary/aromatic N) is 1. The number of nitriles is 1. The maximum Gasteiger partial charge on any atom is 0.179 e. The van der Waals surface area contributed by atoms with Crippen molar-refractivity contribution in [2.24, 2.45) is 5.73 Å². The Balaban J connectivity index is 2.64. The van der Waals surface area contributed by atoms with Crippen LogP contribution in [-0.2, 0) is 9.84 Å². The molecule has 0 heterocycles. The Bertz CT molecular complexity index is 569. The zero-order valence-corrected chi connectivity index (χ0v) is 12.7. The van der Waals surface area contributed by atoms with Crippen LogP contribution in [0.3, 0.4) is 0 Å². The van der Waals surface area contributed by atoms with Crippen LogP contribution in [0.25, 0.3) is 0 Å². The topological polar surface area (TPSA) is 84.0 Å². The molecule has 0 fully saturated rings. The van der Waals surface area contributed by atoms with Crippen LogP contribution in [0.5, 0.6) is 0 Å². The number of thioether (sulfide) groups is 1. The summed E-state index contributed by atoms with van der Waals surface area (Å²) in [5.74, 6) is 1.27. The molecular weight excluding hydrogens is 280 g/mol. The standard InChI is InChI=1S/C13H18N2O2S2/c1-13(2,15)10-18-6-7-19(16,17)12-5-3-4-11(8-12)9-14/h3-5,8H,6-7,10,15H2,1-2H3. The fourth-order valence-electron chi connectivity index (χ4n) is 1.38. The second-order valence-electron chi connectivity index (χ2n) is 5.00. The molecule has 4 nitrogen and oxygen atoms in total. The first-order valence-electron chi connectivity index (χ1n) is 5.84. The van der Waals surface area contributed by atoms with E-state index in [0.717, 1.165) is 0 Å². The molecule has 0 aliphatic rings. The van der Waals surface area contributed by atoms with Crippen molar-refractivity contribution >= 4 is 21.6 Å². The molecule has 2 N–H and O–H groups in total. The minimum atomic E-state index is -3.32. The molecule has 0 atom stereocenters. The number of nitrogens with two attached hydrogens (primary N) is 1. The normalized spacial score (nSPS) is 12.1. The molecule has 0 bridgehead atoms. The Morgan fingerprint density at radius 1 is 1.42 bits per heavy atom. The Labute approximate surface area is 118 Å². The van der Waals surface area contributed by atoms with Crippen molar-refractivity contribution in [3.8, 4) is 6.07 Å². The van der Waals surface area contributed by atoms with E-state index in [0.29, 0.717) is 17.1 Å². The predicted octanol–water partition coefficient (Wildman–Crippen LogP) is 1.80. The van der Waals surface area contributed by atoms with Crippen LogP contribution >= 0.6 is 11.8 Å². The molecule has 1 aromatic carbocycles. The van der Waals surface area contributed by atoms with Crippen molar-refractivity contribution in [3.05, 3.63) is 29.8 Å². The van der Waals surface area contributed by atoms with Crippen molar-refractivity contribution in [2.45, 2.75) is 24.3 Å². The largest absolute Gasteiger partial charge is 0.325 e. The first-order valence-corrected chi connectivity index (χ1v) is 8.65. The predicted molar refractivity (Wildman–Crippen MR) is 78.8 cm³/mol. The SMILES string of the molecule is CC(C)(N)CSCCS(=O)(=O)c1cccc(C#N)c1. The quantitative estimate of drug-likeness (QED) is 0.810. The Hall–Kier alpha value is -1.03. The highest BCUT2D eigenvalue weighted by molar-refractivity contribution is 8.00. The lowest BCUT2D eigenvalue weighted by molar-refractivity contribution is 0.590. The van der Waals surface area contributed by atoms with Crippen LogP contribution in [0.2, 0.25) is 0 Å². The van der Waals surface area contributed by atoms with Crippen LogP contribution in [-0.4, -0.2) is 31.2 Å². The summed E-state index contributed by atoms with van der Waals surface area (Å²) in [5.41, 5.74) is 5.89. The van der Waals surface area contributed by atoms with Gasteiger partial charge in [0, 0.05) is 17.0 Å². The molecule has 0 unspecified atom stereocenters. The molecule has 0 aromatic heterocycles. The van der Waals surface area contributed by atoms with Gasteiger partial charge in [-0.2, -0.15) is 17.0 Å². The third kappa shape index (κ3) is 5.64. The summed E-state index contributed by atoms with van der Waals surface area (Å²) in [6.45, 7) is 3.82. The van der Waals surface area contributed by atoms with Gasteiger partial charge in [-0.05, 0) is 32.0 Å². The number of hydrogen-bond donors (Lipinski definition) is 1. The number of hydrogen-bond acceptors (Lipinski definition) is 5. The molecule has 104 valence electrons. The molecule has 0 amide bonds. The van der Waals surface area contributed by atoms with E-state index in [1.807, 2.05) is 19.9 Å². The third-order valence-electron chi connectivity index (χ3n) is 2.29. The fraction of sp³-hybridized carbons (Fsp3) is 0.462. The fourth-order valence-corrected chi connectivity index (χ4v) is 4.23. The third-order valence-corrected chi connectivity index (χ3v) is 5.71. The van der Waals surface area contributed by atoms with Crippen molar-refractivity contribution < 1.29 is 8.42 Å². The van der Waals surface area contributed by atoms with Gasteiger partial charge in [0.2, 0.25) is 0 Å². The highest BCUT2D eigenvalue weighted by Gasteiger charge is 2.16. The maximum atomic E-state index is 12.1. The lowest BCUT2D eigenvalue weighted by Gasteiger charge is -2.17. The summed E-state index contributed by atoms with van der Waals surface area (Å²) in [7, 11) is -3.32. The van der Waals surface area contributed by atoms with Crippen LogP contribution in [0.4, 0.5) is 0 Å². The van der Waals surface area contributed by atoms with E-state index in [4.69, 9.17) is 11.0 Å². The smallest absolute Gasteiger partial charge is 0.179 e. The molecule has 0 radical (unpaired) electrons. The van der Waals surface area contributed by atoms with Gasteiger partial charge in [0.15, 0.2) is 9.84 Å². The highest BCUT2D eigenvalue weighted by atomic mass is 32.2. The molecule has 19 heavy (non-hydrogen) atoms. The molecule has 6 heteroatoms. The van der Waals surface area contributed by atoms with Gasteiger partial charge >= 0.3 is 0 Å². The van der Waals surface area contributed by atoms with E-state index in [1.165, 1.54) is 23.9 Å². The highest BCUT2D eigenvalue weighted by Crippen LogP contribution is 2.16. The Kier molecular flexibility index (Phi) is 5.41. The summed E-state index contributed by atoms with van der Waals surface area (Å²) >= 11 is 1.52. The first-order chi connectivity index (χ1) is 8.74. The molecule has 0 saturated heterocycles. The number of benzene rings is 1. The number of sulfone groups is 1. The Morgan fingerprint density at radius 2 is 2.11 bits per heavy atom. The molecule has 0 aliphatic carbocycles. The van der Waals surface area contributed by atoms with Crippen molar-refractivity contribution in [1.29, 1.82) is 5.26 Å². The number of rotatable bonds is 6. The second kappa shape index (κ2) is 6.42. The maximum absolute atomic E-state index is 12.1. The van der Waals surface area contributed by atoms with E-state index in [-0.39, 0.29) is 16.2 Å². The van der Waals surface area contributed by atoms with Gasteiger partial charge in [0.1, 0.15) is 0 Å². The molecular formula is C13H18N2O2S2. The van der Waals surface area contributed by atoms with Gasteiger partial charge in [-0.3, -0.25) is 0 Å². The Morgan fingerprint density at radius 3 is 2.68 bits per heavy atom. The van der Waals surface area contributed by atoms with Gasteiger partial charge in [-0.15, -0.1) is 0 Å². The van der Waals surface area contributed by atoms with Gasteiger partial charge in [-0.1, -0.05) is 6.07 Å². The van der Waals surface area contributed by atoms with Crippen molar-refractivity contribution in [3.63, 3.8) is 0 Å². The molecule has 0 spiro atoms. The van der Waals surface area contributed by atoms with E-state index in [9.17, 15) is 8.42 Å². The van der Waals surface area contributed by atoms with E-state index < -0.39 is 9.84 Å². The van der Waals surface area contributed by atoms with E-state index in [1.54, 1.807) is 12.1 Å². The molecule has 0 aliphatic heterocycles. The second-order valence-corrected chi connectivity index (χ2v) is 8.21. The summed E-state index contributed by atoms with van der Waals surface area (Å²) in [6, 6.07) is 8.04. The zero-order chi connectivity index (χ0) is 14.5. The monoisotopic (exact) mass is 298 g/mol. The average molecular weight is 298 g/mol. The minimum absolute atomic E-state index is 0.0582. The van der Waals surface area contributed by atoms with Crippen LogP contribution in [0.15, 0.2) is 29.2 Å². The summed E-state index contributed by atoms with van der Waals surface area (Å²) in [5, 5.41) is 8.77. The van der Waals surface area contributed by atoms with E-state index in [2.05, 4.69) is 0 Å². The summed E-state index contributed by atoms with van der Waals surface area (Å²) in [6.07, 6.45) is 0. The van der Waals surface area contributed by atoms with Gasteiger partial charge < -0.3 is 5.73 Å². The van der Waals surface area contributed by atoms with Crippen molar-refractivity contribution in [1.82, 2.24) is 0 Å². The van der Waals surface area contributed by atoms with Gasteiger partial charge in [-0.25, -0.2) is 8.42 Å². The average Bonchev–Trinajstić information content (AvgIpc) is 2.34. The van der Waals surface area contributed by atoms with Crippen LogP contribution in [0.1, 0.15) is 19.4 Å². The first kappa shape index (κ1) is 16.0. The van der Waals surface area contributed by atoms with Gasteiger partial charge in [0.25, 0.3) is 0 Å².